The quantitative estimate of drug-likeness (QED) is 0.510. The molecular weight excluding hydrogens is 348 g/mol. The summed E-state index contributed by atoms with van der Waals surface area (Å²) < 4.78 is 6.11. The highest BCUT2D eigenvalue weighted by molar-refractivity contribution is 5.82. The van der Waals surface area contributed by atoms with Crippen LogP contribution in [0.2, 0.25) is 0 Å². The number of ether oxygens (including phenoxy) is 1. The van der Waals surface area contributed by atoms with Crippen LogP contribution in [-0.4, -0.2) is 59.1 Å². The Morgan fingerprint density at radius 1 is 1.22 bits per heavy atom. The van der Waals surface area contributed by atoms with E-state index >= 15 is 0 Å². The van der Waals surface area contributed by atoms with Gasteiger partial charge in [-0.25, -0.2) is 9.36 Å². The molecule has 0 spiro atoms. The first kappa shape index (κ1) is 20.4. The molecule has 27 heavy (non-hydrogen) atoms. The van der Waals surface area contributed by atoms with Crippen molar-refractivity contribution in [3.05, 3.63) is 50.7 Å². The predicted molar refractivity (Wildman–Crippen MR) is 106 cm³/mol. The molecule has 1 aromatic heterocycles. The van der Waals surface area contributed by atoms with E-state index in [0.29, 0.717) is 18.0 Å². The maximum Gasteiger partial charge on any atom is 0.335 e. The van der Waals surface area contributed by atoms with E-state index < -0.39 is 17.1 Å². The minimum atomic E-state index is -0.721. The highest BCUT2D eigenvalue weighted by Gasteiger charge is 2.14. The van der Waals surface area contributed by atoms with Crippen molar-refractivity contribution in [2.75, 3.05) is 33.3 Å². The molecule has 0 aliphatic carbocycles. The van der Waals surface area contributed by atoms with Crippen LogP contribution in [0.5, 0.6) is 11.6 Å². The third-order valence-corrected chi connectivity index (χ3v) is 4.33. The van der Waals surface area contributed by atoms with Gasteiger partial charge in [0.25, 0.3) is 5.56 Å². The second-order valence-electron chi connectivity index (χ2n) is 5.95. The number of benzene rings is 1. The minimum Gasteiger partial charge on any atom is -0.497 e. The first-order chi connectivity index (χ1) is 13.0. The van der Waals surface area contributed by atoms with E-state index in [2.05, 4.69) is 28.7 Å². The van der Waals surface area contributed by atoms with Crippen LogP contribution in [0.4, 0.5) is 0 Å². The summed E-state index contributed by atoms with van der Waals surface area (Å²) in [5.74, 6) is 0.173. The van der Waals surface area contributed by atoms with E-state index in [1.807, 2.05) is 0 Å². The van der Waals surface area contributed by atoms with Crippen LogP contribution in [-0.2, 0) is 0 Å². The third kappa shape index (κ3) is 5.07. The summed E-state index contributed by atoms with van der Waals surface area (Å²) in [5, 5.41) is 10.5. The van der Waals surface area contributed by atoms with Crippen LogP contribution in [0.15, 0.2) is 38.8 Å². The molecule has 1 aromatic carbocycles. The molecule has 0 atom stereocenters. The second-order valence-corrected chi connectivity index (χ2v) is 5.95. The molecule has 146 valence electrons. The monoisotopic (exact) mass is 374 g/mol. The lowest BCUT2D eigenvalue weighted by atomic mass is 10.2. The number of H-pyrrole nitrogens is 1. The Hall–Kier alpha value is -2.87. The Balaban J connectivity index is 2.23. The molecule has 1 heterocycles. The van der Waals surface area contributed by atoms with Gasteiger partial charge in [0.05, 0.1) is 12.8 Å². The fourth-order valence-electron chi connectivity index (χ4n) is 2.71. The van der Waals surface area contributed by atoms with E-state index in [9.17, 15) is 14.7 Å². The Bertz CT molecular complexity index is 880. The van der Waals surface area contributed by atoms with Crippen LogP contribution >= 0.6 is 0 Å². The molecule has 8 nitrogen and oxygen atoms in total. The fraction of sp³-hybridized carbons (Fsp3) is 0.421. The van der Waals surface area contributed by atoms with Crippen molar-refractivity contribution in [1.29, 1.82) is 0 Å². The zero-order chi connectivity index (χ0) is 19.8. The molecule has 0 unspecified atom stereocenters. The summed E-state index contributed by atoms with van der Waals surface area (Å²) in [4.78, 5) is 32.9. The standard InChI is InChI=1S/C19H26N4O4/c1-4-22(5-2)12-6-11-20-13-16-17(24)21-19(26)23(18(16)25)14-7-9-15(27-3)10-8-14/h7-10,13,25H,4-6,11-12H2,1-3H3,(H,21,24,26). The van der Waals surface area contributed by atoms with Crippen molar-refractivity contribution in [3.8, 4) is 17.3 Å². The fourth-order valence-corrected chi connectivity index (χ4v) is 2.71. The normalized spacial score (nSPS) is 11.4. The van der Waals surface area contributed by atoms with Crippen molar-refractivity contribution in [3.63, 3.8) is 0 Å². The molecule has 0 amide bonds. The summed E-state index contributed by atoms with van der Waals surface area (Å²) in [6, 6.07) is 6.55. The molecule has 8 heteroatoms. The van der Waals surface area contributed by atoms with Crippen molar-refractivity contribution < 1.29 is 9.84 Å². The third-order valence-electron chi connectivity index (χ3n) is 4.33. The molecule has 2 N–H and O–H groups in total. The number of nitrogens with zero attached hydrogens (tertiary/aromatic N) is 3. The van der Waals surface area contributed by atoms with Crippen LogP contribution < -0.4 is 16.0 Å². The van der Waals surface area contributed by atoms with Crippen LogP contribution in [0, 0.1) is 0 Å². The van der Waals surface area contributed by atoms with Gasteiger partial charge in [-0.05, 0) is 50.3 Å². The maximum atomic E-state index is 12.2. The second kappa shape index (κ2) is 9.72. The van der Waals surface area contributed by atoms with Crippen LogP contribution in [0.1, 0.15) is 25.8 Å². The number of hydrogen-bond donors (Lipinski definition) is 2. The molecule has 2 aromatic rings. The molecule has 0 saturated carbocycles. The van der Waals surface area contributed by atoms with Crippen molar-refractivity contribution >= 4 is 6.21 Å². The molecule has 0 aliphatic rings. The molecule has 0 radical (unpaired) electrons. The highest BCUT2D eigenvalue weighted by atomic mass is 16.5. The van der Waals surface area contributed by atoms with Gasteiger partial charge in [-0.15, -0.1) is 0 Å². The van der Waals surface area contributed by atoms with Crippen molar-refractivity contribution in [2.45, 2.75) is 20.3 Å². The zero-order valence-corrected chi connectivity index (χ0v) is 15.9. The summed E-state index contributed by atoms with van der Waals surface area (Å²) >= 11 is 0. The van der Waals surface area contributed by atoms with Gasteiger partial charge in [0, 0.05) is 12.8 Å². The van der Waals surface area contributed by atoms with Gasteiger partial charge >= 0.3 is 5.69 Å². The average Bonchev–Trinajstić information content (AvgIpc) is 2.67. The Morgan fingerprint density at radius 3 is 2.48 bits per heavy atom. The number of aromatic nitrogens is 2. The van der Waals surface area contributed by atoms with Crippen LogP contribution in [0.25, 0.3) is 5.69 Å². The largest absolute Gasteiger partial charge is 0.497 e. The lowest BCUT2D eigenvalue weighted by Gasteiger charge is -2.16. The number of nitrogens with one attached hydrogen (secondary N) is 1. The summed E-state index contributed by atoms with van der Waals surface area (Å²) in [6.07, 6.45) is 2.16. The number of aromatic hydroxyl groups is 1. The number of aliphatic imine (C=N–C) groups is 1. The van der Waals surface area contributed by atoms with Gasteiger partial charge in [-0.2, -0.15) is 0 Å². The Morgan fingerprint density at radius 2 is 1.89 bits per heavy atom. The smallest absolute Gasteiger partial charge is 0.335 e. The van der Waals surface area contributed by atoms with E-state index in [4.69, 9.17) is 4.74 Å². The Labute approximate surface area is 157 Å². The lowest BCUT2D eigenvalue weighted by Crippen LogP contribution is -2.31. The van der Waals surface area contributed by atoms with Crippen LogP contribution in [0.3, 0.4) is 0 Å². The summed E-state index contributed by atoms with van der Waals surface area (Å²) in [7, 11) is 1.54. The molecule has 0 fully saturated rings. The molecule has 0 bridgehead atoms. The number of hydrogen-bond acceptors (Lipinski definition) is 6. The maximum absolute atomic E-state index is 12.2. The average molecular weight is 374 g/mol. The Kier molecular flexibility index (Phi) is 7.36. The zero-order valence-electron chi connectivity index (χ0n) is 15.9. The van der Waals surface area contributed by atoms with Crippen molar-refractivity contribution in [2.24, 2.45) is 4.99 Å². The predicted octanol–water partition coefficient (Wildman–Crippen LogP) is 1.39. The topological polar surface area (TPSA) is 99.9 Å². The number of aromatic amines is 1. The van der Waals surface area contributed by atoms with E-state index in [-0.39, 0.29) is 5.56 Å². The van der Waals surface area contributed by atoms with Gasteiger partial charge in [0.1, 0.15) is 11.3 Å². The van der Waals surface area contributed by atoms with Gasteiger partial charge in [-0.3, -0.25) is 14.8 Å². The number of rotatable bonds is 9. The number of methoxy groups -OCH3 is 1. The van der Waals surface area contributed by atoms with E-state index in [1.54, 1.807) is 24.3 Å². The SMILES string of the molecule is CCN(CC)CCCN=Cc1c(O)n(-c2ccc(OC)cc2)c(=O)[nH]c1=O. The molecule has 2 rings (SSSR count). The first-order valence-corrected chi connectivity index (χ1v) is 8.96. The van der Waals surface area contributed by atoms with Gasteiger partial charge in [0.2, 0.25) is 5.88 Å². The molecular formula is C19H26N4O4. The van der Waals surface area contributed by atoms with E-state index in [1.165, 1.54) is 13.3 Å². The molecule has 0 saturated heterocycles. The van der Waals surface area contributed by atoms with Gasteiger partial charge in [-0.1, -0.05) is 13.8 Å². The minimum absolute atomic E-state index is 0.0479. The first-order valence-electron chi connectivity index (χ1n) is 8.96. The van der Waals surface area contributed by atoms with Gasteiger partial charge < -0.3 is 14.7 Å². The lowest BCUT2D eigenvalue weighted by molar-refractivity contribution is 0.302. The summed E-state index contributed by atoms with van der Waals surface area (Å²) in [5.41, 5.74) is -1.03. The van der Waals surface area contributed by atoms with Gasteiger partial charge in [0.15, 0.2) is 0 Å². The highest BCUT2D eigenvalue weighted by Crippen LogP contribution is 2.18. The van der Waals surface area contributed by atoms with E-state index in [0.717, 1.165) is 30.6 Å². The molecule has 0 aliphatic heterocycles. The summed E-state index contributed by atoms with van der Waals surface area (Å²) in [6.45, 7) is 7.61. The van der Waals surface area contributed by atoms with Crippen molar-refractivity contribution in [1.82, 2.24) is 14.5 Å².